The van der Waals surface area contributed by atoms with Gasteiger partial charge in [0.05, 0.1) is 11.7 Å². The molecule has 3 heterocycles. The quantitative estimate of drug-likeness (QED) is 0.515. The summed E-state index contributed by atoms with van der Waals surface area (Å²) in [6.07, 6.45) is 7.45. The number of H-pyrrole nitrogens is 1. The number of aromatic amines is 1. The molecule has 3 aromatic rings. The lowest BCUT2D eigenvalue weighted by atomic mass is 9.89. The minimum absolute atomic E-state index is 0.242. The van der Waals surface area contributed by atoms with E-state index in [1.54, 1.807) is 18.7 Å². The molecule has 154 valence electrons. The highest BCUT2D eigenvalue weighted by atomic mass is 28.4. The average molecular weight is 412 g/mol. The fourth-order valence-corrected chi connectivity index (χ4v) is 4.50. The molecule has 8 nitrogen and oxygen atoms in total. The lowest BCUT2D eigenvalue weighted by molar-refractivity contribution is 0.0928. The number of rotatable bonds is 6. The van der Waals surface area contributed by atoms with E-state index in [0.717, 1.165) is 29.6 Å². The summed E-state index contributed by atoms with van der Waals surface area (Å²) in [6.45, 7) is 11.5. The van der Waals surface area contributed by atoms with Gasteiger partial charge in [-0.15, -0.1) is 0 Å². The molecule has 0 aliphatic heterocycles. The van der Waals surface area contributed by atoms with Crippen molar-refractivity contribution < 1.29 is 4.43 Å². The number of nitrogens with zero attached hydrogens (tertiary/aromatic N) is 4. The standard InChI is InChI=1S/C20H29N7OSi/c1-20(2,3)29(4,5)28-15-6-14(7-15)25-18-9-19(23-12-22-18)26-17-8-16-13(10-21-17)11-24-27-16/h8-12,14-15H,6-7H2,1-5H3,(H,24,27)(H2,21,22,23,25,26)/t14-,15+. The summed E-state index contributed by atoms with van der Waals surface area (Å²) in [5.74, 6) is 2.21. The molecule has 0 spiro atoms. The van der Waals surface area contributed by atoms with Gasteiger partial charge in [-0.3, -0.25) is 5.10 Å². The Morgan fingerprint density at radius 1 is 1.03 bits per heavy atom. The first kappa shape index (κ1) is 19.8. The zero-order valence-electron chi connectivity index (χ0n) is 17.7. The first-order valence-corrected chi connectivity index (χ1v) is 12.9. The minimum atomic E-state index is -1.70. The van der Waals surface area contributed by atoms with Crippen molar-refractivity contribution in [3.63, 3.8) is 0 Å². The van der Waals surface area contributed by atoms with E-state index in [-0.39, 0.29) is 5.04 Å². The number of hydrogen-bond donors (Lipinski definition) is 3. The van der Waals surface area contributed by atoms with Crippen LogP contribution in [0.15, 0.2) is 30.9 Å². The maximum atomic E-state index is 6.47. The van der Waals surface area contributed by atoms with Crippen LogP contribution in [0.25, 0.3) is 10.9 Å². The molecule has 9 heteroatoms. The largest absolute Gasteiger partial charge is 0.414 e. The van der Waals surface area contributed by atoms with Gasteiger partial charge in [0.25, 0.3) is 0 Å². The minimum Gasteiger partial charge on any atom is -0.414 e. The van der Waals surface area contributed by atoms with Gasteiger partial charge >= 0.3 is 0 Å². The van der Waals surface area contributed by atoms with Gasteiger partial charge in [0.15, 0.2) is 8.32 Å². The van der Waals surface area contributed by atoms with Crippen LogP contribution in [0.2, 0.25) is 18.1 Å². The van der Waals surface area contributed by atoms with E-state index in [4.69, 9.17) is 4.43 Å². The Hall–Kier alpha value is -2.52. The second-order valence-corrected chi connectivity index (χ2v) is 14.0. The molecule has 0 radical (unpaired) electrons. The summed E-state index contributed by atoms with van der Waals surface area (Å²) in [5, 5.41) is 14.9. The Labute approximate surface area is 172 Å². The van der Waals surface area contributed by atoms with Crippen LogP contribution in [-0.2, 0) is 4.43 Å². The van der Waals surface area contributed by atoms with Crippen LogP contribution < -0.4 is 10.6 Å². The molecule has 0 aromatic carbocycles. The second kappa shape index (κ2) is 7.38. The van der Waals surface area contributed by atoms with Gasteiger partial charge in [-0.25, -0.2) is 15.0 Å². The van der Waals surface area contributed by atoms with Crippen molar-refractivity contribution in [2.45, 2.75) is 63.9 Å². The molecule has 1 aliphatic rings. The molecule has 3 N–H and O–H groups in total. The van der Waals surface area contributed by atoms with Crippen molar-refractivity contribution in [3.05, 3.63) is 30.9 Å². The Morgan fingerprint density at radius 3 is 2.52 bits per heavy atom. The van der Waals surface area contributed by atoms with Crippen LogP contribution in [0.4, 0.5) is 17.5 Å². The Bertz CT molecular complexity index is 992. The van der Waals surface area contributed by atoms with E-state index >= 15 is 0 Å². The molecular weight excluding hydrogens is 382 g/mol. The van der Waals surface area contributed by atoms with Crippen molar-refractivity contribution in [1.82, 2.24) is 25.1 Å². The van der Waals surface area contributed by atoms with Crippen LogP contribution in [0.5, 0.6) is 0 Å². The molecule has 1 fully saturated rings. The van der Waals surface area contributed by atoms with E-state index in [9.17, 15) is 0 Å². The van der Waals surface area contributed by atoms with Crippen molar-refractivity contribution in [3.8, 4) is 0 Å². The number of fused-ring (bicyclic) bond motifs is 1. The fourth-order valence-electron chi connectivity index (χ4n) is 3.12. The van der Waals surface area contributed by atoms with Crippen LogP contribution in [-0.4, -0.2) is 45.6 Å². The summed E-state index contributed by atoms with van der Waals surface area (Å²) in [6, 6.07) is 4.19. The SMILES string of the molecule is CC(C)(C)[Si](C)(C)O[C@H]1C[C@@H](Nc2cc(Nc3cc4[nH]ncc4cn3)ncn2)C1. The maximum Gasteiger partial charge on any atom is 0.192 e. The third-order valence-electron chi connectivity index (χ3n) is 5.96. The molecule has 29 heavy (non-hydrogen) atoms. The van der Waals surface area contributed by atoms with Crippen molar-refractivity contribution >= 4 is 36.7 Å². The summed E-state index contributed by atoms with van der Waals surface area (Å²) >= 11 is 0. The highest BCUT2D eigenvalue weighted by Crippen LogP contribution is 2.40. The van der Waals surface area contributed by atoms with E-state index in [1.807, 2.05) is 12.1 Å². The van der Waals surface area contributed by atoms with E-state index in [1.165, 1.54) is 0 Å². The predicted octanol–water partition coefficient (Wildman–Crippen LogP) is 4.46. The summed E-state index contributed by atoms with van der Waals surface area (Å²) in [7, 11) is -1.70. The zero-order chi connectivity index (χ0) is 20.6. The Balaban J connectivity index is 1.33. The third-order valence-corrected chi connectivity index (χ3v) is 10.5. The normalized spacial score (nSPS) is 19.8. The molecule has 1 saturated carbocycles. The molecular formula is C20H29N7OSi. The predicted molar refractivity (Wildman–Crippen MR) is 118 cm³/mol. The molecule has 0 saturated heterocycles. The fraction of sp³-hybridized carbons (Fsp3) is 0.500. The summed E-state index contributed by atoms with van der Waals surface area (Å²) in [4.78, 5) is 13.0. The monoisotopic (exact) mass is 411 g/mol. The number of hydrogen-bond acceptors (Lipinski definition) is 7. The molecule has 3 aromatic heterocycles. The number of aromatic nitrogens is 5. The molecule has 0 unspecified atom stereocenters. The van der Waals surface area contributed by atoms with Crippen LogP contribution in [0.3, 0.4) is 0 Å². The van der Waals surface area contributed by atoms with E-state index in [0.29, 0.717) is 23.8 Å². The number of anilines is 3. The van der Waals surface area contributed by atoms with Gasteiger partial charge < -0.3 is 15.1 Å². The van der Waals surface area contributed by atoms with Gasteiger partial charge in [-0.1, -0.05) is 20.8 Å². The van der Waals surface area contributed by atoms with Crippen molar-refractivity contribution in [2.24, 2.45) is 0 Å². The molecule has 0 atom stereocenters. The van der Waals surface area contributed by atoms with Gasteiger partial charge in [0.2, 0.25) is 0 Å². The summed E-state index contributed by atoms with van der Waals surface area (Å²) < 4.78 is 6.47. The van der Waals surface area contributed by atoms with Gasteiger partial charge in [0.1, 0.15) is 23.8 Å². The van der Waals surface area contributed by atoms with E-state index in [2.05, 4.69) is 69.6 Å². The van der Waals surface area contributed by atoms with E-state index < -0.39 is 8.32 Å². The number of pyridine rings is 1. The topological polar surface area (TPSA) is 101 Å². The molecule has 0 amide bonds. The molecule has 1 aliphatic carbocycles. The lowest BCUT2D eigenvalue weighted by Crippen LogP contribution is -2.50. The Morgan fingerprint density at radius 2 is 1.76 bits per heavy atom. The first-order chi connectivity index (χ1) is 13.7. The van der Waals surface area contributed by atoms with Gasteiger partial charge in [-0.2, -0.15) is 5.10 Å². The average Bonchev–Trinajstić information content (AvgIpc) is 3.07. The maximum absolute atomic E-state index is 6.47. The van der Waals surface area contributed by atoms with Crippen molar-refractivity contribution in [2.75, 3.05) is 10.6 Å². The van der Waals surface area contributed by atoms with Gasteiger partial charge in [0, 0.05) is 35.9 Å². The van der Waals surface area contributed by atoms with Crippen LogP contribution in [0.1, 0.15) is 33.6 Å². The zero-order valence-corrected chi connectivity index (χ0v) is 18.7. The first-order valence-electron chi connectivity index (χ1n) is 10.0. The third kappa shape index (κ3) is 4.40. The molecule has 4 rings (SSSR count). The highest BCUT2D eigenvalue weighted by molar-refractivity contribution is 6.74. The smallest absolute Gasteiger partial charge is 0.192 e. The van der Waals surface area contributed by atoms with Crippen LogP contribution in [0, 0.1) is 0 Å². The second-order valence-electron chi connectivity index (χ2n) is 9.25. The molecule has 0 bridgehead atoms. The number of nitrogens with one attached hydrogen (secondary N) is 3. The lowest BCUT2D eigenvalue weighted by Gasteiger charge is -2.45. The Kier molecular flexibility index (Phi) is 5.03. The van der Waals surface area contributed by atoms with Crippen molar-refractivity contribution in [1.29, 1.82) is 0 Å². The van der Waals surface area contributed by atoms with Crippen LogP contribution >= 0.6 is 0 Å². The highest BCUT2D eigenvalue weighted by Gasteiger charge is 2.42. The van der Waals surface area contributed by atoms with Gasteiger partial charge in [-0.05, 0) is 31.0 Å². The summed E-state index contributed by atoms with van der Waals surface area (Å²) in [5.41, 5.74) is 0.928.